The van der Waals surface area contributed by atoms with Crippen LogP contribution in [0.4, 0.5) is 4.39 Å². The SMILES string of the molecule is Cc1ccc(OCC(O)CN(C)Cc2ccccc2F)cc1. The van der Waals surface area contributed by atoms with Crippen LogP contribution in [0.25, 0.3) is 0 Å². The maximum absolute atomic E-state index is 13.6. The summed E-state index contributed by atoms with van der Waals surface area (Å²) in [7, 11) is 1.85. The van der Waals surface area contributed by atoms with Gasteiger partial charge in [0.25, 0.3) is 0 Å². The second-order valence-electron chi connectivity index (χ2n) is 5.57. The second-order valence-corrected chi connectivity index (χ2v) is 5.57. The van der Waals surface area contributed by atoms with Crippen molar-refractivity contribution in [3.63, 3.8) is 0 Å². The van der Waals surface area contributed by atoms with Crippen LogP contribution in [0.15, 0.2) is 48.5 Å². The molecule has 0 aliphatic heterocycles. The van der Waals surface area contributed by atoms with E-state index in [2.05, 4.69) is 0 Å². The molecule has 2 aromatic rings. The number of halogens is 1. The third kappa shape index (κ3) is 5.13. The van der Waals surface area contributed by atoms with Crippen molar-refractivity contribution < 1.29 is 14.2 Å². The van der Waals surface area contributed by atoms with E-state index >= 15 is 0 Å². The van der Waals surface area contributed by atoms with Crippen LogP contribution in [0.5, 0.6) is 5.75 Å². The minimum Gasteiger partial charge on any atom is -0.491 e. The third-order valence-electron chi connectivity index (χ3n) is 3.38. The number of hydrogen-bond donors (Lipinski definition) is 1. The Kier molecular flexibility index (Phi) is 5.92. The van der Waals surface area contributed by atoms with E-state index in [-0.39, 0.29) is 12.4 Å². The average Bonchev–Trinajstić information content (AvgIpc) is 2.49. The molecule has 118 valence electrons. The van der Waals surface area contributed by atoms with E-state index in [1.807, 2.05) is 49.2 Å². The van der Waals surface area contributed by atoms with Crippen molar-refractivity contribution in [3.8, 4) is 5.75 Å². The number of aliphatic hydroxyl groups excluding tert-OH is 1. The molecular formula is C18H22FNO2. The number of rotatable bonds is 7. The first-order chi connectivity index (χ1) is 10.5. The number of benzene rings is 2. The molecule has 1 atom stereocenters. The van der Waals surface area contributed by atoms with Crippen LogP contribution in [0, 0.1) is 12.7 Å². The zero-order chi connectivity index (χ0) is 15.9. The molecule has 0 spiro atoms. The fourth-order valence-electron chi connectivity index (χ4n) is 2.22. The first-order valence-electron chi connectivity index (χ1n) is 7.34. The highest BCUT2D eigenvalue weighted by molar-refractivity contribution is 5.26. The lowest BCUT2D eigenvalue weighted by atomic mass is 10.2. The first kappa shape index (κ1) is 16.5. The Balaban J connectivity index is 1.77. The predicted octanol–water partition coefficient (Wildman–Crippen LogP) is 3.01. The summed E-state index contributed by atoms with van der Waals surface area (Å²) in [5, 5.41) is 10.0. The predicted molar refractivity (Wildman–Crippen MR) is 85.4 cm³/mol. The summed E-state index contributed by atoms with van der Waals surface area (Å²) in [5.41, 5.74) is 1.79. The maximum Gasteiger partial charge on any atom is 0.127 e. The van der Waals surface area contributed by atoms with Crippen LogP contribution >= 0.6 is 0 Å². The van der Waals surface area contributed by atoms with Gasteiger partial charge in [0.15, 0.2) is 0 Å². The highest BCUT2D eigenvalue weighted by Gasteiger charge is 2.11. The van der Waals surface area contributed by atoms with Gasteiger partial charge in [-0.3, -0.25) is 4.90 Å². The van der Waals surface area contributed by atoms with Crippen molar-refractivity contribution >= 4 is 0 Å². The molecule has 1 unspecified atom stereocenters. The molecule has 2 aromatic carbocycles. The number of likely N-dealkylation sites (N-methyl/N-ethyl adjacent to an activating group) is 1. The molecule has 0 saturated heterocycles. The lowest BCUT2D eigenvalue weighted by molar-refractivity contribution is 0.0741. The molecule has 0 heterocycles. The van der Waals surface area contributed by atoms with Crippen LogP contribution in [0.2, 0.25) is 0 Å². The van der Waals surface area contributed by atoms with Gasteiger partial charge in [0.05, 0.1) is 0 Å². The summed E-state index contributed by atoms with van der Waals surface area (Å²) in [4.78, 5) is 1.88. The van der Waals surface area contributed by atoms with E-state index in [1.165, 1.54) is 6.07 Å². The topological polar surface area (TPSA) is 32.7 Å². The Morgan fingerprint density at radius 2 is 1.82 bits per heavy atom. The molecule has 3 nitrogen and oxygen atoms in total. The van der Waals surface area contributed by atoms with Crippen molar-refractivity contribution in [2.24, 2.45) is 0 Å². The molecule has 2 rings (SSSR count). The van der Waals surface area contributed by atoms with Crippen LogP contribution in [0.3, 0.4) is 0 Å². The van der Waals surface area contributed by atoms with E-state index in [9.17, 15) is 9.50 Å². The molecule has 22 heavy (non-hydrogen) atoms. The maximum atomic E-state index is 13.6. The van der Waals surface area contributed by atoms with E-state index < -0.39 is 6.10 Å². The van der Waals surface area contributed by atoms with Crippen LogP contribution in [-0.2, 0) is 6.54 Å². The molecule has 0 amide bonds. The smallest absolute Gasteiger partial charge is 0.127 e. The zero-order valence-corrected chi connectivity index (χ0v) is 13.0. The van der Waals surface area contributed by atoms with Gasteiger partial charge >= 0.3 is 0 Å². The zero-order valence-electron chi connectivity index (χ0n) is 13.0. The lowest BCUT2D eigenvalue weighted by Crippen LogP contribution is -2.33. The number of nitrogens with zero attached hydrogens (tertiary/aromatic N) is 1. The van der Waals surface area contributed by atoms with Crippen molar-refractivity contribution in [2.45, 2.75) is 19.6 Å². The molecule has 0 saturated carbocycles. The average molecular weight is 303 g/mol. The number of hydrogen-bond acceptors (Lipinski definition) is 3. The van der Waals surface area contributed by atoms with Gasteiger partial charge < -0.3 is 9.84 Å². The fraction of sp³-hybridized carbons (Fsp3) is 0.333. The lowest BCUT2D eigenvalue weighted by Gasteiger charge is -2.21. The molecule has 0 aliphatic carbocycles. The summed E-state index contributed by atoms with van der Waals surface area (Å²) < 4.78 is 19.1. The number of ether oxygens (including phenoxy) is 1. The highest BCUT2D eigenvalue weighted by atomic mass is 19.1. The Bertz CT molecular complexity index is 586. The summed E-state index contributed by atoms with van der Waals surface area (Å²) in [5.74, 6) is 0.515. The van der Waals surface area contributed by atoms with Gasteiger partial charge in [-0.2, -0.15) is 0 Å². The first-order valence-corrected chi connectivity index (χ1v) is 7.34. The van der Waals surface area contributed by atoms with Crippen LogP contribution < -0.4 is 4.74 Å². The monoisotopic (exact) mass is 303 g/mol. The molecule has 0 radical (unpaired) electrons. The van der Waals surface area contributed by atoms with Crippen LogP contribution in [0.1, 0.15) is 11.1 Å². The summed E-state index contributed by atoms with van der Waals surface area (Å²) in [6.07, 6.45) is -0.627. The molecule has 0 aliphatic rings. The van der Waals surface area contributed by atoms with Gasteiger partial charge in [-0.05, 0) is 32.2 Å². The molecule has 4 heteroatoms. The molecule has 1 N–H and O–H groups in total. The van der Waals surface area contributed by atoms with Crippen molar-refractivity contribution in [2.75, 3.05) is 20.2 Å². The van der Waals surface area contributed by atoms with Crippen molar-refractivity contribution in [1.29, 1.82) is 0 Å². The van der Waals surface area contributed by atoms with Gasteiger partial charge in [0.1, 0.15) is 24.3 Å². The fourth-order valence-corrected chi connectivity index (χ4v) is 2.22. The van der Waals surface area contributed by atoms with E-state index in [0.717, 1.165) is 11.3 Å². The molecular weight excluding hydrogens is 281 g/mol. The minimum absolute atomic E-state index is 0.213. The summed E-state index contributed by atoms with van der Waals surface area (Å²) in [6, 6.07) is 14.4. The Morgan fingerprint density at radius 3 is 2.50 bits per heavy atom. The molecule has 0 aromatic heterocycles. The van der Waals surface area contributed by atoms with E-state index in [4.69, 9.17) is 4.74 Å². The third-order valence-corrected chi connectivity index (χ3v) is 3.38. The standard InChI is InChI=1S/C18H22FNO2/c1-14-7-9-17(10-8-14)22-13-16(21)12-20(2)11-15-5-3-4-6-18(15)19/h3-10,16,21H,11-13H2,1-2H3. The Hall–Kier alpha value is -1.91. The van der Waals surface area contributed by atoms with Crippen molar-refractivity contribution in [1.82, 2.24) is 4.90 Å². The van der Waals surface area contributed by atoms with Gasteiger partial charge in [-0.15, -0.1) is 0 Å². The van der Waals surface area contributed by atoms with Crippen LogP contribution in [-0.4, -0.2) is 36.3 Å². The molecule has 0 fully saturated rings. The van der Waals surface area contributed by atoms with E-state index in [0.29, 0.717) is 18.7 Å². The van der Waals surface area contributed by atoms with Gasteiger partial charge in [0.2, 0.25) is 0 Å². The summed E-state index contributed by atoms with van der Waals surface area (Å²) >= 11 is 0. The van der Waals surface area contributed by atoms with Crippen molar-refractivity contribution in [3.05, 3.63) is 65.5 Å². The quantitative estimate of drug-likeness (QED) is 0.853. The minimum atomic E-state index is -0.627. The second kappa shape index (κ2) is 7.92. The highest BCUT2D eigenvalue weighted by Crippen LogP contribution is 2.12. The number of aryl methyl sites for hydroxylation is 1. The largest absolute Gasteiger partial charge is 0.491 e. The van der Waals surface area contributed by atoms with Gasteiger partial charge in [0, 0.05) is 18.7 Å². The number of aliphatic hydroxyl groups is 1. The van der Waals surface area contributed by atoms with E-state index in [1.54, 1.807) is 12.1 Å². The van der Waals surface area contributed by atoms with Gasteiger partial charge in [-0.25, -0.2) is 4.39 Å². The Labute approximate surface area is 131 Å². The molecule has 0 bridgehead atoms. The van der Waals surface area contributed by atoms with Gasteiger partial charge in [-0.1, -0.05) is 35.9 Å². The summed E-state index contributed by atoms with van der Waals surface area (Å²) in [6.45, 7) is 3.09. The Morgan fingerprint density at radius 1 is 1.14 bits per heavy atom. The normalized spacial score (nSPS) is 12.4.